The first-order chi connectivity index (χ1) is 15.7. The third-order valence-corrected chi connectivity index (χ3v) is 5.08. The van der Waals surface area contributed by atoms with Crippen molar-refractivity contribution in [2.75, 3.05) is 16.8 Å². The molecule has 3 rings (SSSR count). The van der Waals surface area contributed by atoms with Crippen molar-refractivity contribution in [2.45, 2.75) is 32.4 Å². The average molecular weight is 452 g/mol. The Morgan fingerprint density at radius 2 is 1.73 bits per heavy atom. The number of carbonyl (C=O) groups is 3. The summed E-state index contributed by atoms with van der Waals surface area (Å²) >= 11 is 0. The number of aryl methyl sites for hydroxylation is 1. The second-order valence-corrected chi connectivity index (χ2v) is 7.31. The van der Waals surface area contributed by atoms with E-state index in [-0.39, 0.29) is 11.5 Å². The summed E-state index contributed by atoms with van der Waals surface area (Å²) in [4.78, 5) is 42.5. The number of nitrogens with two attached hydrogens (primary N) is 2. The minimum atomic E-state index is -1.51. The highest BCUT2D eigenvalue weighted by molar-refractivity contribution is 5.97. The van der Waals surface area contributed by atoms with Crippen LogP contribution in [0, 0.1) is 0 Å². The fraction of sp³-hybridized carbons (Fsp3) is 0.227. The molecule has 0 aliphatic heterocycles. The van der Waals surface area contributed by atoms with Gasteiger partial charge < -0.3 is 32.3 Å². The highest BCUT2D eigenvalue weighted by Gasteiger charge is 2.23. The van der Waals surface area contributed by atoms with Gasteiger partial charge in [0.15, 0.2) is 0 Å². The molecular formula is C22H24N6O5. The Balaban J connectivity index is 1.72. The summed E-state index contributed by atoms with van der Waals surface area (Å²) in [6.45, 7) is 2.49. The van der Waals surface area contributed by atoms with Gasteiger partial charge >= 0.3 is 11.9 Å². The first kappa shape index (κ1) is 23.3. The first-order valence-electron chi connectivity index (χ1n) is 10.1. The standard InChI is InChI=1S/C22H24N6O5/c1-2-14-12(5-8-15-18(14)19(23)28-22(24)27-15)10-25-13-6-3-11(4-7-13)20(31)26-16(21(32)33)9-17(29)30/h3-8,16,25H,2,9-10H2,1H3,(H,26,31)(H,29,30)(H,32,33)(H4,23,24,27,28)/t16-/m0/s1. The summed E-state index contributed by atoms with van der Waals surface area (Å²) in [7, 11) is 0. The van der Waals surface area contributed by atoms with E-state index in [4.69, 9.17) is 21.7 Å². The normalized spacial score (nSPS) is 11.7. The number of benzene rings is 2. The molecule has 3 aromatic rings. The van der Waals surface area contributed by atoms with Crippen LogP contribution in [0.3, 0.4) is 0 Å². The third-order valence-electron chi connectivity index (χ3n) is 5.08. The lowest BCUT2D eigenvalue weighted by molar-refractivity contribution is -0.145. The van der Waals surface area contributed by atoms with Gasteiger partial charge in [-0.2, -0.15) is 4.98 Å². The van der Waals surface area contributed by atoms with Crippen LogP contribution < -0.4 is 22.1 Å². The van der Waals surface area contributed by atoms with E-state index in [1.165, 1.54) is 12.1 Å². The van der Waals surface area contributed by atoms with Gasteiger partial charge in [-0.3, -0.25) is 9.59 Å². The van der Waals surface area contributed by atoms with Crippen molar-refractivity contribution < 1.29 is 24.6 Å². The van der Waals surface area contributed by atoms with E-state index in [1.807, 2.05) is 19.1 Å². The molecule has 1 heterocycles. The molecule has 0 saturated carbocycles. The van der Waals surface area contributed by atoms with Crippen molar-refractivity contribution in [3.63, 3.8) is 0 Å². The van der Waals surface area contributed by atoms with Crippen LogP contribution >= 0.6 is 0 Å². The number of rotatable bonds is 9. The summed E-state index contributed by atoms with van der Waals surface area (Å²) in [5.41, 5.74) is 15.4. The quantitative estimate of drug-likeness (QED) is 0.278. The molecule has 0 radical (unpaired) electrons. The van der Waals surface area contributed by atoms with Crippen molar-refractivity contribution in [3.8, 4) is 0 Å². The van der Waals surface area contributed by atoms with Gasteiger partial charge in [0.2, 0.25) is 5.95 Å². The van der Waals surface area contributed by atoms with Crippen molar-refractivity contribution in [2.24, 2.45) is 0 Å². The second kappa shape index (κ2) is 9.81. The summed E-state index contributed by atoms with van der Waals surface area (Å²) in [6.07, 6.45) is 0.000403. The maximum atomic E-state index is 12.3. The van der Waals surface area contributed by atoms with Crippen LogP contribution in [0.15, 0.2) is 36.4 Å². The maximum absolute atomic E-state index is 12.3. The van der Waals surface area contributed by atoms with Crippen LogP contribution in [-0.2, 0) is 22.6 Å². The fourth-order valence-corrected chi connectivity index (χ4v) is 3.51. The van der Waals surface area contributed by atoms with Crippen molar-refractivity contribution in [3.05, 3.63) is 53.1 Å². The van der Waals surface area contributed by atoms with Crippen LogP contribution in [0.5, 0.6) is 0 Å². The summed E-state index contributed by atoms with van der Waals surface area (Å²) in [6, 6.07) is 8.65. The molecule has 0 aliphatic rings. The molecule has 11 nitrogen and oxygen atoms in total. The SMILES string of the molecule is CCc1c(CNc2ccc(C(=O)N[C@@H](CC(=O)O)C(=O)O)cc2)ccc2nc(N)nc(N)c12. The molecule has 0 bridgehead atoms. The van der Waals surface area contributed by atoms with Gasteiger partial charge in [0.05, 0.1) is 11.9 Å². The molecule has 11 heteroatoms. The zero-order valence-corrected chi connectivity index (χ0v) is 17.8. The molecular weight excluding hydrogens is 428 g/mol. The van der Waals surface area contributed by atoms with Crippen LogP contribution in [0.25, 0.3) is 10.9 Å². The number of anilines is 3. The number of nitrogens with zero attached hydrogens (tertiary/aromatic N) is 2. The van der Waals surface area contributed by atoms with E-state index in [9.17, 15) is 14.4 Å². The highest BCUT2D eigenvalue weighted by atomic mass is 16.4. The van der Waals surface area contributed by atoms with Gasteiger partial charge in [-0.05, 0) is 47.9 Å². The van der Waals surface area contributed by atoms with Crippen LogP contribution in [0.1, 0.15) is 34.8 Å². The van der Waals surface area contributed by atoms with Crippen LogP contribution in [0.4, 0.5) is 17.5 Å². The van der Waals surface area contributed by atoms with E-state index in [2.05, 4.69) is 20.6 Å². The largest absolute Gasteiger partial charge is 0.481 e. The number of fused-ring (bicyclic) bond motifs is 1. The van der Waals surface area contributed by atoms with E-state index < -0.39 is 30.3 Å². The Bertz CT molecular complexity index is 1210. The Kier molecular flexibility index (Phi) is 6.91. The summed E-state index contributed by atoms with van der Waals surface area (Å²) < 4.78 is 0. The predicted octanol–water partition coefficient (Wildman–Crippen LogP) is 1.63. The van der Waals surface area contributed by atoms with Gasteiger partial charge in [-0.25, -0.2) is 9.78 Å². The molecule has 1 amide bonds. The van der Waals surface area contributed by atoms with Crippen LogP contribution in [-0.4, -0.2) is 44.1 Å². The molecule has 0 spiro atoms. The Hall–Kier alpha value is -4.41. The minimum absolute atomic E-state index is 0.120. The van der Waals surface area contributed by atoms with Gasteiger partial charge in [-0.15, -0.1) is 0 Å². The minimum Gasteiger partial charge on any atom is -0.481 e. The summed E-state index contributed by atoms with van der Waals surface area (Å²) in [5.74, 6) is -2.96. The van der Waals surface area contributed by atoms with E-state index >= 15 is 0 Å². The maximum Gasteiger partial charge on any atom is 0.326 e. The molecule has 33 heavy (non-hydrogen) atoms. The zero-order valence-electron chi connectivity index (χ0n) is 17.8. The fourth-order valence-electron chi connectivity index (χ4n) is 3.51. The average Bonchev–Trinajstić information content (AvgIpc) is 2.76. The van der Waals surface area contributed by atoms with Crippen molar-refractivity contribution >= 4 is 46.2 Å². The van der Waals surface area contributed by atoms with E-state index in [1.54, 1.807) is 12.1 Å². The molecule has 0 aliphatic carbocycles. The highest BCUT2D eigenvalue weighted by Crippen LogP contribution is 2.27. The topological polar surface area (TPSA) is 194 Å². The van der Waals surface area contributed by atoms with Gasteiger partial charge in [-0.1, -0.05) is 13.0 Å². The van der Waals surface area contributed by atoms with Crippen molar-refractivity contribution in [1.82, 2.24) is 15.3 Å². The number of nitrogens with one attached hydrogen (secondary N) is 2. The van der Waals surface area contributed by atoms with Crippen LogP contribution in [0.2, 0.25) is 0 Å². The smallest absolute Gasteiger partial charge is 0.326 e. The monoisotopic (exact) mass is 452 g/mol. The van der Waals surface area contributed by atoms with Gasteiger partial charge in [0.25, 0.3) is 5.91 Å². The Morgan fingerprint density at radius 1 is 1.03 bits per heavy atom. The number of carboxylic acids is 2. The van der Waals surface area contributed by atoms with Gasteiger partial charge in [0.1, 0.15) is 11.9 Å². The molecule has 1 atom stereocenters. The molecule has 1 aromatic heterocycles. The Labute approximate surface area is 188 Å². The molecule has 172 valence electrons. The molecule has 2 aromatic carbocycles. The number of aliphatic carboxylic acids is 2. The molecule has 0 unspecified atom stereocenters. The number of nitrogen functional groups attached to an aromatic ring is 2. The number of carbonyl (C=O) groups excluding carboxylic acids is 1. The third kappa shape index (κ3) is 5.45. The number of aromatic nitrogens is 2. The lowest BCUT2D eigenvalue weighted by atomic mass is 9.99. The summed E-state index contributed by atoms with van der Waals surface area (Å²) in [5, 5.41) is 24.1. The second-order valence-electron chi connectivity index (χ2n) is 7.31. The predicted molar refractivity (Wildman–Crippen MR) is 123 cm³/mol. The number of hydrogen-bond acceptors (Lipinski definition) is 8. The zero-order chi connectivity index (χ0) is 24.1. The van der Waals surface area contributed by atoms with Crippen molar-refractivity contribution in [1.29, 1.82) is 0 Å². The number of carboxylic acid groups (broad SMARTS) is 2. The van der Waals surface area contributed by atoms with E-state index in [0.29, 0.717) is 24.3 Å². The van der Waals surface area contributed by atoms with E-state index in [0.717, 1.165) is 22.2 Å². The lowest BCUT2D eigenvalue weighted by Crippen LogP contribution is -2.42. The molecule has 0 saturated heterocycles. The number of hydrogen-bond donors (Lipinski definition) is 6. The number of amides is 1. The molecule has 8 N–H and O–H groups in total. The molecule has 0 fully saturated rings. The Morgan fingerprint density at radius 3 is 2.33 bits per heavy atom. The van der Waals surface area contributed by atoms with Gasteiger partial charge in [0, 0.05) is 23.2 Å². The lowest BCUT2D eigenvalue weighted by Gasteiger charge is -2.15. The first-order valence-corrected chi connectivity index (χ1v) is 10.1.